The van der Waals surface area contributed by atoms with Gasteiger partial charge < -0.3 is 19.9 Å². The molecule has 0 atom stereocenters. The molecule has 0 saturated carbocycles. The van der Waals surface area contributed by atoms with Crippen LogP contribution < -0.4 is 10.2 Å². The topological polar surface area (TPSA) is 73.5 Å². The summed E-state index contributed by atoms with van der Waals surface area (Å²) in [5.41, 5.74) is 6.82. The number of H-pyrrole nitrogens is 1. The molecule has 7 nitrogen and oxygen atoms in total. The molecule has 2 N–H and O–H groups in total. The third kappa shape index (κ3) is 6.13. The first-order valence-electron chi connectivity index (χ1n) is 15.8. The molecule has 1 spiro atoms. The molecule has 0 radical (unpaired) electrons. The molecule has 0 bridgehead atoms. The Morgan fingerprint density at radius 2 is 1.90 bits per heavy atom. The quantitative estimate of drug-likeness (QED) is 0.344. The van der Waals surface area contributed by atoms with Gasteiger partial charge in [-0.25, -0.2) is 0 Å². The summed E-state index contributed by atoms with van der Waals surface area (Å²) in [7, 11) is 0. The predicted octanol–water partition coefficient (Wildman–Crippen LogP) is 6.40. The average Bonchev–Trinajstić information content (AvgIpc) is 3.36. The Morgan fingerprint density at radius 1 is 1.14 bits per heavy atom. The second kappa shape index (κ2) is 11.8. The van der Waals surface area contributed by atoms with Gasteiger partial charge in [0.05, 0.1) is 17.4 Å². The summed E-state index contributed by atoms with van der Waals surface area (Å²) >= 11 is 0. The summed E-state index contributed by atoms with van der Waals surface area (Å²) in [6.07, 6.45) is 12.4. The van der Waals surface area contributed by atoms with Crippen molar-refractivity contribution >= 4 is 28.6 Å². The van der Waals surface area contributed by atoms with Crippen LogP contribution in [0.2, 0.25) is 0 Å². The van der Waals surface area contributed by atoms with Crippen LogP contribution in [0.5, 0.6) is 0 Å². The first-order valence-corrected chi connectivity index (χ1v) is 15.8. The predicted molar refractivity (Wildman–Crippen MR) is 171 cm³/mol. The number of piperidine rings is 1. The number of fused-ring (bicyclic) bond motifs is 1. The molecule has 0 unspecified atom stereocenters. The lowest BCUT2D eigenvalue weighted by atomic mass is 9.73. The zero-order chi connectivity index (χ0) is 29.3. The number of likely N-dealkylation sites (tertiary alicyclic amines) is 1. The SMILES string of the molecule is C/C=C\c1c(C(=O)NCc2ccc3cc(CN4CCC(C(C)(C)C)CC4)[nH]c3c2)cncc1N1CC2(CCOCC2)C1. The first kappa shape index (κ1) is 28.9. The minimum absolute atomic E-state index is 0.0929. The van der Waals surface area contributed by atoms with Crippen LogP contribution in [0, 0.1) is 16.7 Å². The van der Waals surface area contributed by atoms with Crippen LogP contribution in [-0.2, 0) is 17.8 Å². The smallest absolute Gasteiger partial charge is 0.253 e. The van der Waals surface area contributed by atoms with Crippen molar-refractivity contribution in [2.24, 2.45) is 16.7 Å². The van der Waals surface area contributed by atoms with E-state index in [9.17, 15) is 4.79 Å². The second-order valence-electron chi connectivity index (χ2n) is 13.9. The minimum Gasteiger partial charge on any atom is -0.381 e. The maximum Gasteiger partial charge on any atom is 0.253 e. The van der Waals surface area contributed by atoms with Crippen LogP contribution in [-0.4, -0.2) is 60.2 Å². The largest absolute Gasteiger partial charge is 0.381 e. The van der Waals surface area contributed by atoms with Gasteiger partial charge in [-0.1, -0.05) is 45.1 Å². The number of anilines is 1. The van der Waals surface area contributed by atoms with Gasteiger partial charge in [0.25, 0.3) is 5.91 Å². The van der Waals surface area contributed by atoms with Crippen molar-refractivity contribution in [2.45, 2.75) is 66.5 Å². The Labute approximate surface area is 250 Å². The highest BCUT2D eigenvalue weighted by molar-refractivity contribution is 5.99. The summed E-state index contributed by atoms with van der Waals surface area (Å²) in [4.78, 5) is 26.5. The van der Waals surface area contributed by atoms with E-state index in [1.54, 1.807) is 6.20 Å². The molecular formula is C35H47N5O2. The Kier molecular flexibility index (Phi) is 8.16. The number of nitrogens with one attached hydrogen (secondary N) is 2. The highest BCUT2D eigenvalue weighted by Crippen LogP contribution is 2.43. The molecular weight excluding hydrogens is 522 g/mol. The number of pyridine rings is 1. The van der Waals surface area contributed by atoms with Gasteiger partial charge in [-0.2, -0.15) is 0 Å². The summed E-state index contributed by atoms with van der Waals surface area (Å²) in [6, 6.07) is 8.71. The van der Waals surface area contributed by atoms with E-state index in [1.807, 2.05) is 25.3 Å². The number of benzene rings is 1. The van der Waals surface area contributed by atoms with Gasteiger partial charge in [-0.3, -0.25) is 14.7 Å². The lowest BCUT2D eigenvalue weighted by Crippen LogP contribution is -2.58. The molecule has 2 aromatic heterocycles. The molecule has 0 aliphatic carbocycles. The Hall–Kier alpha value is -3.16. The average molecular weight is 570 g/mol. The van der Waals surface area contributed by atoms with Gasteiger partial charge in [0.2, 0.25) is 0 Å². The Balaban J connectivity index is 1.09. The summed E-state index contributed by atoms with van der Waals surface area (Å²) < 4.78 is 5.59. The van der Waals surface area contributed by atoms with Gasteiger partial charge in [0.1, 0.15) is 0 Å². The van der Waals surface area contributed by atoms with Crippen molar-refractivity contribution in [1.29, 1.82) is 0 Å². The number of rotatable bonds is 7. The van der Waals surface area contributed by atoms with Crippen molar-refractivity contribution in [3.63, 3.8) is 0 Å². The van der Waals surface area contributed by atoms with E-state index in [1.165, 1.54) is 23.9 Å². The van der Waals surface area contributed by atoms with Crippen LogP contribution >= 0.6 is 0 Å². The number of aromatic nitrogens is 2. The van der Waals surface area contributed by atoms with Crippen molar-refractivity contribution in [3.05, 3.63) is 65.1 Å². The standard InChI is InChI=1S/C35H47N5O2/c1-5-6-29-30(20-36-21-32(29)40-23-35(24-40)11-15-42-16-12-35)33(41)37-19-25-7-8-26-18-28(38-31(26)17-25)22-39-13-9-27(10-14-39)34(2,3)4/h5-8,17-18,20-21,27,38H,9-16,19,22-24H2,1-4H3,(H,37,41)/b6-5-. The molecule has 224 valence electrons. The molecule has 42 heavy (non-hydrogen) atoms. The molecule has 3 aliphatic heterocycles. The van der Waals surface area contributed by atoms with Crippen molar-refractivity contribution in [1.82, 2.24) is 20.2 Å². The van der Waals surface area contributed by atoms with Crippen molar-refractivity contribution in [3.8, 4) is 0 Å². The van der Waals surface area contributed by atoms with Crippen LogP contribution in [0.15, 0.2) is 42.7 Å². The molecule has 3 aromatic rings. The number of aromatic amines is 1. The Bertz CT molecular complexity index is 1430. The van der Waals surface area contributed by atoms with Crippen LogP contribution in [0.1, 0.15) is 80.6 Å². The maximum absolute atomic E-state index is 13.4. The molecule has 3 fully saturated rings. The lowest BCUT2D eigenvalue weighted by Gasteiger charge is -2.53. The van der Waals surface area contributed by atoms with Gasteiger partial charge in [0.15, 0.2) is 0 Å². The number of hydrogen-bond donors (Lipinski definition) is 2. The monoisotopic (exact) mass is 569 g/mol. The molecule has 3 aliphatic rings. The van der Waals surface area contributed by atoms with Gasteiger partial charge in [0, 0.05) is 67.8 Å². The van der Waals surface area contributed by atoms with Gasteiger partial charge in [-0.15, -0.1) is 0 Å². The number of carbonyl (C=O) groups excluding carboxylic acids is 1. The van der Waals surface area contributed by atoms with Crippen molar-refractivity contribution < 1.29 is 9.53 Å². The summed E-state index contributed by atoms with van der Waals surface area (Å²) in [5, 5.41) is 4.37. The van der Waals surface area contributed by atoms with Crippen LogP contribution in [0.3, 0.4) is 0 Å². The first-order chi connectivity index (χ1) is 20.2. The second-order valence-corrected chi connectivity index (χ2v) is 13.9. The van der Waals surface area contributed by atoms with Crippen molar-refractivity contribution in [2.75, 3.05) is 44.3 Å². The van der Waals surface area contributed by atoms with E-state index >= 15 is 0 Å². The van der Waals surface area contributed by atoms with Gasteiger partial charge >= 0.3 is 0 Å². The molecule has 6 rings (SSSR count). The third-order valence-corrected chi connectivity index (χ3v) is 9.89. The molecule has 1 aromatic carbocycles. The fourth-order valence-electron chi connectivity index (χ4n) is 7.19. The highest BCUT2D eigenvalue weighted by atomic mass is 16.5. The molecule has 1 amide bonds. The number of hydrogen-bond acceptors (Lipinski definition) is 5. The van der Waals surface area contributed by atoms with E-state index in [-0.39, 0.29) is 5.91 Å². The van der Waals surface area contributed by atoms with Crippen LogP contribution in [0.25, 0.3) is 17.0 Å². The number of nitrogens with zero attached hydrogens (tertiary/aromatic N) is 3. The van der Waals surface area contributed by atoms with E-state index in [0.717, 1.165) is 87.0 Å². The van der Waals surface area contributed by atoms with E-state index in [2.05, 4.69) is 70.1 Å². The summed E-state index contributed by atoms with van der Waals surface area (Å²) in [5.74, 6) is 0.714. The molecule has 3 saturated heterocycles. The van der Waals surface area contributed by atoms with Crippen LogP contribution in [0.4, 0.5) is 5.69 Å². The number of allylic oxidation sites excluding steroid dienone is 1. The fourth-order valence-corrected chi connectivity index (χ4v) is 7.19. The number of amides is 1. The summed E-state index contributed by atoms with van der Waals surface area (Å²) in [6.45, 7) is 16.6. The normalized spacial score (nSPS) is 20.0. The highest BCUT2D eigenvalue weighted by Gasteiger charge is 2.44. The lowest BCUT2D eigenvalue weighted by molar-refractivity contribution is -0.000221. The third-order valence-electron chi connectivity index (χ3n) is 9.89. The van der Waals surface area contributed by atoms with E-state index < -0.39 is 0 Å². The van der Waals surface area contributed by atoms with Gasteiger partial charge in [-0.05, 0) is 80.1 Å². The maximum atomic E-state index is 13.4. The number of ether oxygens (including phenoxy) is 1. The number of carbonyl (C=O) groups is 1. The fraction of sp³-hybridized carbons (Fsp3) is 0.543. The Morgan fingerprint density at radius 3 is 2.62 bits per heavy atom. The minimum atomic E-state index is -0.0929. The van der Waals surface area contributed by atoms with E-state index in [0.29, 0.717) is 22.9 Å². The zero-order valence-corrected chi connectivity index (χ0v) is 25.8. The molecule has 7 heteroatoms. The molecule has 5 heterocycles. The zero-order valence-electron chi connectivity index (χ0n) is 25.8. The van der Waals surface area contributed by atoms with E-state index in [4.69, 9.17) is 4.74 Å².